The summed E-state index contributed by atoms with van der Waals surface area (Å²) in [6, 6.07) is 9.05. The molecule has 5 nitrogen and oxygen atoms in total. The van der Waals surface area contributed by atoms with E-state index in [0.29, 0.717) is 24.8 Å². The molecule has 23 heavy (non-hydrogen) atoms. The average molecular weight is 332 g/mol. The topological polar surface area (TPSA) is 79.3 Å². The Labute approximate surface area is 139 Å². The third-order valence-corrected chi connectivity index (χ3v) is 4.65. The maximum Gasteiger partial charge on any atom is 0.315 e. The van der Waals surface area contributed by atoms with Crippen LogP contribution in [0, 0.1) is 0 Å². The minimum Gasteiger partial charge on any atom is -0.481 e. The molecular formula is C17H20N2O3S. The molecule has 1 aromatic carbocycles. The molecule has 1 amide bonds. The highest BCUT2D eigenvalue weighted by atomic mass is 32.1. The van der Waals surface area contributed by atoms with Gasteiger partial charge in [0.1, 0.15) is 5.41 Å². The number of aryl methyl sites for hydroxylation is 1. The van der Waals surface area contributed by atoms with E-state index in [4.69, 9.17) is 0 Å². The molecule has 0 aliphatic heterocycles. The summed E-state index contributed by atoms with van der Waals surface area (Å²) >= 11 is 1.49. The lowest BCUT2D eigenvalue weighted by Gasteiger charge is -2.29. The van der Waals surface area contributed by atoms with E-state index in [1.807, 2.05) is 30.5 Å². The van der Waals surface area contributed by atoms with Crippen molar-refractivity contribution in [2.45, 2.75) is 31.6 Å². The lowest BCUT2D eigenvalue weighted by atomic mass is 9.78. The number of amides is 1. The third-order valence-electron chi connectivity index (χ3n) is 4.02. The Morgan fingerprint density at radius 3 is 2.61 bits per heavy atom. The van der Waals surface area contributed by atoms with Crippen molar-refractivity contribution in [2.75, 3.05) is 6.54 Å². The first kappa shape index (κ1) is 17.1. The standard InChI is InChI=1S/C17H20N2O3S/c1-2-17(16(21)22,13-6-4-3-5-7-13)11-18-15(20)9-8-14-10-23-12-19-14/h3-7,10,12H,2,8-9,11H2,1H3,(H,18,20)(H,21,22). The van der Waals surface area contributed by atoms with Gasteiger partial charge in [0.25, 0.3) is 0 Å². The van der Waals surface area contributed by atoms with E-state index in [1.54, 1.807) is 17.6 Å². The van der Waals surface area contributed by atoms with E-state index >= 15 is 0 Å². The first-order valence-electron chi connectivity index (χ1n) is 7.51. The SMILES string of the molecule is CCC(CNC(=O)CCc1cscn1)(C(=O)O)c1ccccc1. The predicted molar refractivity (Wildman–Crippen MR) is 89.5 cm³/mol. The summed E-state index contributed by atoms with van der Waals surface area (Å²) < 4.78 is 0. The number of aromatic nitrogens is 1. The predicted octanol–water partition coefficient (Wildman–Crippen LogP) is 2.62. The fourth-order valence-corrected chi connectivity index (χ4v) is 3.07. The number of rotatable bonds is 8. The number of carbonyl (C=O) groups excluding carboxylic acids is 1. The Hall–Kier alpha value is -2.21. The van der Waals surface area contributed by atoms with Gasteiger partial charge in [-0.25, -0.2) is 4.98 Å². The molecule has 122 valence electrons. The number of hydrogen-bond donors (Lipinski definition) is 2. The fraction of sp³-hybridized carbons (Fsp3) is 0.353. The summed E-state index contributed by atoms with van der Waals surface area (Å²) in [7, 11) is 0. The van der Waals surface area contributed by atoms with Gasteiger partial charge in [-0.1, -0.05) is 37.3 Å². The monoisotopic (exact) mass is 332 g/mol. The number of nitrogens with one attached hydrogen (secondary N) is 1. The van der Waals surface area contributed by atoms with Crippen molar-refractivity contribution < 1.29 is 14.7 Å². The van der Waals surface area contributed by atoms with Gasteiger partial charge in [0.15, 0.2) is 0 Å². The summed E-state index contributed by atoms with van der Waals surface area (Å²) in [5, 5.41) is 14.4. The molecule has 0 spiro atoms. The largest absolute Gasteiger partial charge is 0.481 e. The van der Waals surface area contributed by atoms with Gasteiger partial charge in [-0.3, -0.25) is 9.59 Å². The second-order valence-corrected chi connectivity index (χ2v) is 6.08. The van der Waals surface area contributed by atoms with Crippen LogP contribution in [0.5, 0.6) is 0 Å². The molecule has 0 fully saturated rings. The van der Waals surface area contributed by atoms with E-state index in [0.717, 1.165) is 5.69 Å². The third kappa shape index (κ3) is 4.16. The molecule has 0 saturated heterocycles. The highest BCUT2D eigenvalue weighted by molar-refractivity contribution is 7.07. The van der Waals surface area contributed by atoms with Crippen LogP contribution >= 0.6 is 11.3 Å². The Balaban J connectivity index is 2.01. The van der Waals surface area contributed by atoms with Gasteiger partial charge in [-0.05, 0) is 18.4 Å². The molecule has 1 atom stereocenters. The van der Waals surface area contributed by atoms with Crippen LogP contribution in [0.1, 0.15) is 31.0 Å². The summed E-state index contributed by atoms with van der Waals surface area (Å²) in [5.41, 5.74) is 2.22. The van der Waals surface area contributed by atoms with E-state index < -0.39 is 11.4 Å². The van der Waals surface area contributed by atoms with Crippen molar-refractivity contribution in [1.29, 1.82) is 0 Å². The highest BCUT2D eigenvalue weighted by Crippen LogP contribution is 2.27. The van der Waals surface area contributed by atoms with Crippen LogP contribution in [-0.2, 0) is 21.4 Å². The van der Waals surface area contributed by atoms with Crippen LogP contribution in [0.3, 0.4) is 0 Å². The number of benzene rings is 1. The Bertz CT molecular complexity index is 643. The fourth-order valence-electron chi connectivity index (χ4n) is 2.48. The summed E-state index contributed by atoms with van der Waals surface area (Å²) in [6.45, 7) is 1.90. The van der Waals surface area contributed by atoms with Crippen LogP contribution in [0.2, 0.25) is 0 Å². The zero-order valence-corrected chi connectivity index (χ0v) is 13.8. The molecule has 6 heteroatoms. The van der Waals surface area contributed by atoms with Crippen LogP contribution < -0.4 is 5.32 Å². The molecular weight excluding hydrogens is 312 g/mol. The lowest BCUT2D eigenvalue weighted by Crippen LogP contribution is -2.46. The summed E-state index contributed by atoms with van der Waals surface area (Å²) in [5.74, 6) is -1.08. The highest BCUT2D eigenvalue weighted by Gasteiger charge is 2.38. The number of carbonyl (C=O) groups is 2. The van der Waals surface area contributed by atoms with Gasteiger partial charge in [-0.2, -0.15) is 0 Å². The van der Waals surface area contributed by atoms with Crippen molar-refractivity contribution in [3.8, 4) is 0 Å². The van der Waals surface area contributed by atoms with Crippen LogP contribution in [0.15, 0.2) is 41.2 Å². The number of thiazole rings is 1. The molecule has 2 aromatic rings. The average Bonchev–Trinajstić information content (AvgIpc) is 3.08. The smallest absolute Gasteiger partial charge is 0.315 e. The van der Waals surface area contributed by atoms with Gasteiger partial charge in [0, 0.05) is 18.3 Å². The van der Waals surface area contributed by atoms with Crippen molar-refractivity contribution in [3.05, 3.63) is 52.5 Å². The normalized spacial score (nSPS) is 13.3. The summed E-state index contributed by atoms with van der Waals surface area (Å²) in [6.07, 6.45) is 1.27. The number of aliphatic carboxylic acids is 1. The van der Waals surface area contributed by atoms with Crippen molar-refractivity contribution in [3.63, 3.8) is 0 Å². The molecule has 2 N–H and O–H groups in total. The number of nitrogens with zero attached hydrogens (tertiary/aromatic N) is 1. The Morgan fingerprint density at radius 1 is 1.30 bits per heavy atom. The first-order chi connectivity index (χ1) is 11.1. The summed E-state index contributed by atoms with van der Waals surface area (Å²) in [4.78, 5) is 28.0. The minimum absolute atomic E-state index is 0.0821. The number of carboxylic acids is 1. The second-order valence-electron chi connectivity index (χ2n) is 5.36. The number of hydrogen-bond acceptors (Lipinski definition) is 4. The molecule has 0 bridgehead atoms. The van der Waals surface area contributed by atoms with Crippen molar-refractivity contribution in [1.82, 2.24) is 10.3 Å². The quantitative estimate of drug-likeness (QED) is 0.779. The Morgan fingerprint density at radius 2 is 2.04 bits per heavy atom. The molecule has 0 aliphatic rings. The van der Waals surface area contributed by atoms with Gasteiger partial charge in [0.2, 0.25) is 5.91 Å². The molecule has 2 rings (SSSR count). The van der Waals surface area contributed by atoms with Crippen LogP contribution in [0.4, 0.5) is 0 Å². The van der Waals surface area contributed by atoms with Gasteiger partial charge in [0.05, 0.1) is 11.2 Å². The first-order valence-corrected chi connectivity index (χ1v) is 8.45. The molecule has 0 aliphatic carbocycles. The van der Waals surface area contributed by atoms with Gasteiger partial charge >= 0.3 is 5.97 Å². The Kier molecular flexibility index (Phi) is 5.87. The van der Waals surface area contributed by atoms with Crippen LogP contribution in [0.25, 0.3) is 0 Å². The molecule has 0 radical (unpaired) electrons. The number of carboxylic acid groups (broad SMARTS) is 1. The van der Waals surface area contributed by atoms with Crippen molar-refractivity contribution in [2.24, 2.45) is 0 Å². The zero-order valence-electron chi connectivity index (χ0n) is 13.0. The maximum absolute atomic E-state index is 12.0. The van der Waals surface area contributed by atoms with E-state index in [9.17, 15) is 14.7 Å². The second kappa shape index (κ2) is 7.87. The van der Waals surface area contributed by atoms with Gasteiger partial charge in [-0.15, -0.1) is 11.3 Å². The van der Waals surface area contributed by atoms with E-state index in [2.05, 4.69) is 10.3 Å². The van der Waals surface area contributed by atoms with E-state index in [-0.39, 0.29) is 12.5 Å². The molecule has 1 aromatic heterocycles. The lowest BCUT2D eigenvalue weighted by molar-refractivity contribution is -0.144. The molecule has 0 saturated carbocycles. The van der Waals surface area contributed by atoms with Crippen molar-refractivity contribution >= 4 is 23.2 Å². The minimum atomic E-state index is -1.10. The van der Waals surface area contributed by atoms with Gasteiger partial charge < -0.3 is 10.4 Å². The molecule has 1 heterocycles. The van der Waals surface area contributed by atoms with E-state index in [1.165, 1.54) is 11.3 Å². The van der Waals surface area contributed by atoms with Crippen LogP contribution in [-0.4, -0.2) is 28.5 Å². The zero-order chi connectivity index (χ0) is 16.7. The maximum atomic E-state index is 12.0. The molecule has 1 unspecified atom stereocenters.